The van der Waals surface area contributed by atoms with Gasteiger partial charge >= 0.3 is 0 Å². The normalized spacial score (nSPS) is 20.0. The van der Waals surface area contributed by atoms with Crippen LogP contribution in [0.25, 0.3) is 0 Å². The lowest BCUT2D eigenvalue weighted by Gasteiger charge is -2.40. The number of hydrogen-bond donors (Lipinski definition) is 1. The van der Waals surface area contributed by atoms with Crippen LogP contribution in [0.5, 0.6) is 0 Å². The van der Waals surface area contributed by atoms with E-state index in [-0.39, 0.29) is 6.04 Å². The third kappa shape index (κ3) is 3.61. The summed E-state index contributed by atoms with van der Waals surface area (Å²) in [6.07, 6.45) is 6.36. The Hall–Kier alpha value is -1.00. The maximum atomic E-state index is 14.2. The summed E-state index contributed by atoms with van der Waals surface area (Å²) in [7, 11) is 1.82. The van der Waals surface area contributed by atoms with Crippen molar-refractivity contribution >= 4 is 0 Å². The lowest BCUT2D eigenvalue weighted by Crippen LogP contribution is -2.45. The zero-order valence-corrected chi connectivity index (χ0v) is 12.9. The Balaban J connectivity index is 2.38. The molecule has 0 bridgehead atoms. The molecule has 1 aliphatic rings. The third-order valence-corrected chi connectivity index (χ3v) is 4.47. The van der Waals surface area contributed by atoms with E-state index in [1.807, 2.05) is 14.0 Å². The molecule has 0 aromatic heterocycles. The summed E-state index contributed by atoms with van der Waals surface area (Å²) in [6.45, 7) is 2.57. The van der Waals surface area contributed by atoms with Crippen LogP contribution in [0.2, 0.25) is 0 Å². The second kappa shape index (κ2) is 7.32. The van der Waals surface area contributed by atoms with Gasteiger partial charge in [0.25, 0.3) is 0 Å². The molecule has 1 aliphatic carbocycles. The van der Waals surface area contributed by atoms with Crippen LogP contribution in [0, 0.1) is 11.6 Å². The van der Waals surface area contributed by atoms with Crippen molar-refractivity contribution in [1.82, 2.24) is 5.32 Å². The Bertz CT molecular complexity index is 456. The van der Waals surface area contributed by atoms with Gasteiger partial charge < -0.3 is 10.1 Å². The van der Waals surface area contributed by atoms with E-state index in [1.165, 1.54) is 25.0 Å². The van der Waals surface area contributed by atoms with E-state index in [4.69, 9.17) is 4.74 Å². The third-order valence-electron chi connectivity index (χ3n) is 4.47. The summed E-state index contributed by atoms with van der Waals surface area (Å²) in [5.74, 6) is -1.05. The fourth-order valence-electron chi connectivity index (χ4n) is 3.57. The van der Waals surface area contributed by atoms with Gasteiger partial charge in [-0.3, -0.25) is 0 Å². The van der Waals surface area contributed by atoms with Crippen LogP contribution in [0.15, 0.2) is 18.2 Å². The first-order valence-corrected chi connectivity index (χ1v) is 7.89. The van der Waals surface area contributed by atoms with Crippen molar-refractivity contribution in [2.45, 2.75) is 57.1 Å². The van der Waals surface area contributed by atoms with Gasteiger partial charge in [-0.2, -0.15) is 0 Å². The van der Waals surface area contributed by atoms with Gasteiger partial charge in [0.1, 0.15) is 11.6 Å². The first kappa shape index (κ1) is 16.4. The fourth-order valence-corrected chi connectivity index (χ4v) is 3.57. The summed E-state index contributed by atoms with van der Waals surface area (Å²) in [5.41, 5.74) is 0.0906. The minimum absolute atomic E-state index is 0.254. The quantitative estimate of drug-likeness (QED) is 0.816. The van der Waals surface area contributed by atoms with Gasteiger partial charge in [0.15, 0.2) is 0 Å². The molecule has 0 amide bonds. The maximum absolute atomic E-state index is 14.2. The van der Waals surface area contributed by atoms with Crippen LogP contribution in [-0.2, 0) is 4.74 Å². The Kier molecular flexibility index (Phi) is 5.71. The average Bonchev–Trinajstić information content (AvgIpc) is 2.69. The highest BCUT2D eigenvalue weighted by atomic mass is 19.1. The van der Waals surface area contributed by atoms with E-state index in [1.54, 1.807) is 0 Å². The van der Waals surface area contributed by atoms with Crippen LogP contribution in [-0.4, -0.2) is 19.3 Å². The van der Waals surface area contributed by atoms with Crippen LogP contribution in [0.3, 0.4) is 0 Å². The fraction of sp³-hybridized carbons (Fsp3) is 0.647. The number of likely N-dealkylation sites (N-methyl/N-ethyl adjacent to an activating group) is 1. The number of benzene rings is 1. The molecular formula is C17H25F2NO. The van der Waals surface area contributed by atoms with Gasteiger partial charge in [-0.05, 0) is 32.9 Å². The SMILES string of the molecule is CCOC1(C(NC)c2ccc(F)cc2F)CCCCCC1. The van der Waals surface area contributed by atoms with E-state index in [9.17, 15) is 8.78 Å². The Labute approximate surface area is 125 Å². The van der Waals surface area contributed by atoms with Crippen LogP contribution >= 0.6 is 0 Å². The van der Waals surface area contributed by atoms with Crippen molar-refractivity contribution in [2.75, 3.05) is 13.7 Å². The molecule has 0 saturated heterocycles. The topological polar surface area (TPSA) is 21.3 Å². The van der Waals surface area contributed by atoms with E-state index >= 15 is 0 Å². The number of nitrogens with one attached hydrogen (secondary N) is 1. The molecule has 1 saturated carbocycles. The van der Waals surface area contributed by atoms with Crippen molar-refractivity contribution in [2.24, 2.45) is 0 Å². The monoisotopic (exact) mass is 297 g/mol. The molecular weight excluding hydrogens is 272 g/mol. The molecule has 2 nitrogen and oxygen atoms in total. The molecule has 0 heterocycles. The number of ether oxygens (including phenoxy) is 1. The molecule has 1 aromatic carbocycles. The Morgan fingerprint density at radius 2 is 1.86 bits per heavy atom. The molecule has 1 fully saturated rings. The minimum atomic E-state index is -0.544. The van der Waals surface area contributed by atoms with E-state index in [0.29, 0.717) is 12.2 Å². The average molecular weight is 297 g/mol. The van der Waals surface area contributed by atoms with E-state index in [2.05, 4.69) is 5.32 Å². The summed E-state index contributed by atoms with van der Waals surface area (Å²) in [4.78, 5) is 0. The molecule has 1 unspecified atom stereocenters. The van der Waals surface area contributed by atoms with Crippen molar-refractivity contribution in [3.8, 4) is 0 Å². The van der Waals surface area contributed by atoms with Gasteiger partial charge in [0.05, 0.1) is 11.6 Å². The Morgan fingerprint density at radius 3 is 2.38 bits per heavy atom. The van der Waals surface area contributed by atoms with E-state index < -0.39 is 17.2 Å². The van der Waals surface area contributed by atoms with Gasteiger partial charge in [-0.1, -0.05) is 31.7 Å². The molecule has 21 heavy (non-hydrogen) atoms. The van der Waals surface area contributed by atoms with Crippen LogP contribution in [0.1, 0.15) is 57.1 Å². The van der Waals surface area contributed by atoms with Crippen LogP contribution < -0.4 is 5.32 Å². The predicted molar refractivity (Wildman–Crippen MR) is 80.2 cm³/mol. The standard InChI is InChI=1S/C17H25F2NO/c1-3-21-17(10-6-4-5-7-11-17)16(20-2)14-9-8-13(18)12-15(14)19/h8-9,12,16,20H,3-7,10-11H2,1-2H3. The second-order valence-electron chi connectivity index (χ2n) is 5.80. The predicted octanol–water partition coefficient (Wildman–Crippen LogP) is 4.35. The summed E-state index contributed by atoms with van der Waals surface area (Å²) in [5, 5.41) is 3.21. The van der Waals surface area contributed by atoms with Crippen molar-refractivity contribution in [1.29, 1.82) is 0 Å². The lowest BCUT2D eigenvalue weighted by atomic mass is 9.82. The Morgan fingerprint density at radius 1 is 1.19 bits per heavy atom. The van der Waals surface area contributed by atoms with Crippen molar-refractivity contribution in [3.05, 3.63) is 35.4 Å². The van der Waals surface area contributed by atoms with Gasteiger partial charge in [-0.15, -0.1) is 0 Å². The molecule has 1 aromatic rings. The number of halogens is 2. The summed E-state index contributed by atoms with van der Waals surface area (Å²) in [6, 6.07) is 3.56. The highest BCUT2D eigenvalue weighted by Crippen LogP contribution is 2.41. The van der Waals surface area contributed by atoms with E-state index in [0.717, 1.165) is 31.7 Å². The molecule has 1 atom stereocenters. The van der Waals surface area contributed by atoms with Crippen molar-refractivity contribution < 1.29 is 13.5 Å². The van der Waals surface area contributed by atoms with Gasteiger partial charge in [-0.25, -0.2) is 8.78 Å². The molecule has 0 spiro atoms. The molecule has 118 valence electrons. The largest absolute Gasteiger partial charge is 0.373 e. The first-order valence-electron chi connectivity index (χ1n) is 7.89. The molecule has 2 rings (SSSR count). The molecule has 4 heteroatoms. The highest BCUT2D eigenvalue weighted by Gasteiger charge is 2.41. The maximum Gasteiger partial charge on any atom is 0.131 e. The van der Waals surface area contributed by atoms with Gasteiger partial charge in [0.2, 0.25) is 0 Å². The second-order valence-corrected chi connectivity index (χ2v) is 5.80. The number of hydrogen-bond acceptors (Lipinski definition) is 2. The first-order chi connectivity index (χ1) is 10.1. The molecule has 1 N–H and O–H groups in total. The summed E-state index contributed by atoms with van der Waals surface area (Å²) >= 11 is 0. The van der Waals surface area contributed by atoms with Gasteiger partial charge in [0, 0.05) is 18.2 Å². The highest BCUT2D eigenvalue weighted by molar-refractivity contribution is 5.25. The van der Waals surface area contributed by atoms with Crippen LogP contribution in [0.4, 0.5) is 8.78 Å². The van der Waals surface area contributed by atoms with Crippen molar-refractivity contribution in [3.63, 3.8) is 0 Å². The lowest BCUT2D eigenvalue weighted by molar-refractivity contribution is -0.0773. The number of rotatable bonds is 5. The summed E-state index contributed by atoms with van der Waals surface area (Å²) < 4.78 is 33.5. The smallest absolute Gasteiger partial charge is 0.131 e. The zero-order valence-electron chi connectivity index (χ0n) is 12.9. The molecule has 0 aliphatic heterocycles. The zero-order chi connectivity index (χ0) is 15.3. The minimum Gasteiger partial charge on any atom is -0.373 e. The molecule has 0 radical (unpaired) electrons.